The predicted octanol–water partition coefficient (Wildman–Crippen LogP) is 3.00. The van der Waals surface area contributed by atoms with E-state index in [0.29, 0.717) is 5.88 Å². The van der Waals surface area contributed by atoms with Crippen LogP contribution < -0.4 is 10.1 Å². The summed E-state index contributed by atoms with van der Waals surface area (Å²) in [5.41, 5.74) is 3.36. The minimum atomic E-state index is 0.517. The molecule has 0 atom stereocenters. The molecule has 2 aromatic rings. The van der Waals surface area contributed by atoms with E-state index in [1.807, 2.05) is 18.2 Å². The minimum Gasteiger partial charge on any atom is -0.437 e. The Morgan fingerprint density at radius 3 is 2.58 bits per heavy atom. The molecule has 1 aromatic heterocycles. The molecular weight excluding hydrogens is 238 g/mol. The molecule has 0 spiro atoms. The highest BCUT2D eigenvalue weighted by Crippen LogP contribution is 2.21. The molecule has 0 aliphatic carbocycles. The van der Waals surface area contributed by atoms with Gasteiger partial charge in [-0.1, -0.05) is 13.0 Å². The Morgan fingerprint density at radius 2 is 1.95 bits per heavy atom. The average molecular weight is 257 g/mol. The van der Waals surface area contributed by atoms with Crippen LogP contribution in [-0.2, 0) is 6.54 Å². The highest BCUT2D eigenvalue weighted by atomic mass is 16.5. The van der Waals surface area contributed by atoms with Gasteiger partial charge < -0.3 is 10.1 Å². The highest BCUT2D eigenvalue weighted by Gasteiger charge is 2.02. The first-order chi connectivity index (χ1) is 9.19. The van der Waals surface area contributed by atoms with Gasteiger partial charge in [0.1, 0.15) is 5.75 Å². The quantitative estimate of drug-likeness (QED) is 0.894. The smallest absolute Gasteiger partial charge is 0.237 e. The first-order valence-corrected chi connectivity index (χ1v) is 6.46. The highest BCUT2D eigenvalue weighted by molar-refractivity contribution is 5.35. The van der Waals surface area contributed by atoms with Crippen molar-refractivity contribution >= 4 is 0 Å². The van der Waals surface area contributed by atoms with Crippen molar-refractivity contribution in [2.45, 2.75) is 27.3 Å². The van der Waals surface area contributed by atoms with Crippen LogP contribution in [0.3, 0.4) is 0 Å². The predicted molar refractivity (Wildman–Crippen MR) is 75.4 cm³/mol. The van der Waals surface area contributed by atoms with Gasteiger partial charge in [0.2, 0.25) is 5.88 Å². The van der Waals surface area contributed by atoms with Crippen molar-refractivity contribution in [2.24, 2.45) is 0 Å². The number of nitrogens with zero attached hydrogens (tertiary/aromatic N) is 2. The van der Waals surface area contributed by atoms with Gasteiger partial charge in [0, 0.05) is 6.54 Å². The van der Waals surface area contributed by atoms with Crippen molar-refractivity contribution in [1.29, 1.82) is 0 Å². The largest absolute Gasteiger partial charge is 0.437 e. The van der Waals surface area contributed by atoms with Crippen molar-refractivity contribution in [3.8, 4) is 11.6 Å². The molecule has 4 nitrogen and oxygen atoms in total. The lowest BCUT2D eigenvalue weighted by molar-refractivity contribution is 0.458. The molecule has 19 heavy (non-hydrogen) atoms. The van der Waals surface area contributed by atoms with Crippen LogP contribution >= 0.6 is 0 Å². The Hall–Kier alpha value is -1.94. The van der Waals surface area contributed by atoms with Crippen molar-refractivity contribution in [3.63, 3.8) is 0 Å². The van der Waals surface area contributed by atoms with E-state index in [9.17, 15) is 0 Å². The first kappa shape index (κ1) is 13.5. The number of rotatable bonds is 5. The van der Waals surface area contributed by atoms with E-state index in [-0.39, 0.29) is 0 Å². The van der Waals surface area contributed by atoms with Gasteiger partial charge in [-0.25, -0.2) is 4.98 Å². The van der Waals surface area contributed by atoms with Gasteiger partial charge in [-0.2, -0.15) is 0 Å². The van der Waals surface area contributed by atoms with Crippen molar-refractivity contribution in [1.82, 2.24) is 15.3 Å². The second kappa shape index (κ2) is 6.29. The molecule has 0 radical (unpaired) electrons. The maximum atomic E-state index is 5.68. The molecular formula is C15H19N3O. The molecule has 2 rings (SSSR count). The Balaban J connectivity index is 2.04. The SMILES string of the molecule is CCNCc1cnc(Oc2ccc(C)c(C)c2)cn1. The fourth-order valence-electron chi connectivity index (χ4n) is 1.64. The first-order valence-electron chi connectivity index (χ1n) is 6.46. The van der Waals surface area contributed by atoms with Gasteiger partial charge in [0.05, 0.1) is 18.1 Å². The molecule has 0 saturated carbocycles. The summed E-state index contributed by atoms with van der Waals surface area (Å²) in [6.45, 7) is 7.85. The van der Waals surface area contributed by atoms with Crippen LogP contribution in [-0.4, -0.2) is 16.5 Å². The zero-order valence-corrected chi connectivity index (χ0v) is 11.6. The molecule has 1 N–H and O–H groups in total. The van der Waals surface area contributed by atoms with Gasteiger partial charge in [-0.05, 0) is 43.7 Å². The molecule has 0 amide bonds. The summed E-state index contributed by atoms with van der Waals surface area (Å²) in [5, 5.41) is 3.20. The van der Waals surface area contributed by atoms with Gasteiger partial charge >= 0.3 is 0 Å². The second-order valence-electron chi connectivity index (χ2n) is 4.47. The average Bonchev–Trinajstić information content (AvgIpc) is 2.42. The summed E-state index contributed by atoms with van der Waals surface area (Å²) in [7, 11) is 0. The Bertz CT molecular complexity index is 538. The van der Waals surface area contributed by atoms with Gasteiger partial charge in [-0.15, -0.1) is 0 Å². The zero-order valence-electron chi connectivity index (χ0n) is 11.6. The van der Waals surface area contributed by atoms with Crippen molar-refractivity contribution in [3.05, 3.63) is 47.4 Å². The van der Waals surface area contributed by atoms with E-state index < -0.39 is 0 Å². The topological polar surface area (TPSA) is 47.0 Å². The third-order valence-corrected chi connectivity index (χ3v) is 2.94. The van der Waals surface area contributed by atoms with Gasteiger partial charge in [-0.3, -0.25) is 4.98 Å². The summed E-state index contributed by atoms with van der Waals surface area (Å²) in [6, 6.07) is 5.98. The van der Waals surface area contributed by atoms with Gasteiger partial charge in [0.15, 0.2) is 0 Å². The van der Waals surface area contributed by atoms with E-state index in [4.69, 9.17) is 4.74 Å². The van der Waals surface area contributed by atoms with E-state index in [1.165, 1.54) is 11.1 Å². The molecule has 4 heteroatoms. The van der Waals surface area contributed by atoms with Crippen LogP contribution in [0, 0.1) is 13.8 Å². The molecule has 0 aliphatic rings. The molecule has 0 aliphatic heterocycles. The lowest BCUT2D eigenvalue weighted by Crippen LogP contribution is -2.13. The second-order valence-corrected chi connectivity index (χ2v) is 4.47. The van der Waals surface area contributed by atoms with E-state index in [2.05, 4.69) is 36.1 Å². The standard InChI is InChI=1S/C15H19N3O/c1-4-16-8-13-9-18-15(10-17-13)19-14-6-5-11(2)12(3)7-14/h5-7,9-10,16H,4,8H2,1-3H3. The summed E-state index contributed by atoms with van der Waals surface area (Å²) in [6.07, 6.45) is 3.39. The maximum absolute atomic E-state index is 5.68. The van der Waals surface area contributed by atoms with E-state index in [0.717, 1.165) is 24.5 Å². The summed E-state index contributed by atoms with van der Waals surface area (Å²) in [5.74, 6) is 1.31. The van der Waals surface area contributed by atoms with Crippen LogP contribution in [0.15, 0.2) is 30.6 Å². The maximum Gasteiger partial charge on any atom is 0.237 e. The third-order valence-electron chi connectivity index (χ3n) is 2.94. The van der Waals surface area contributed by atoms with E-state index >= 15 is 0 Å². The van der Waals surface area contributed by atoms with Crippen LogP contribution in [0.2, 0.25) is 0 Å². The molecule has 0 unspecified atom stereocenters. The van der Waals surface area contributed by atoms with Crippen LogP contribution in [0.4, 0.5) is 0 Å². The number of ether oxygens (including phenoxy) is 1. The third kappa shape index (κ3) is 3.76. The number of aromatic nitrogens is 2. The monoisotopic (exact) mass is 257 g/mol. The molecule has 0 saturated heterocycles. The molecule has 100 valence electrons. The summed E-state index contributed by atoms with van der Waals surface area (Å²) >= 11 is 0. The van der Waals surface area contributed by atoms with Crippen molar-refractivity contribution in [2.75, 3.05) is 6.54 Å². The molecule has 1 aromatic carbocycles. The van der Waals surface area contributed by atoms with Gasteiger partial charge in [0.25, 0.3) is 0 Å². The summed E-state index contributed by atoms with van der Waals surface area (Å²) in [4.78, 5) is 8.56. The molecule has 0 fully saturated rings. The molecule has 0 bridgehead atoms. The minimum absolute atomic E-state index is 0.517. The van der Waals surface area contributed by atoms with E-state index in [1.54, 1.807) is 12.4 Å². The fourth-order valence-corrected chi connectivity index (χ4v) is 1.64. The molecule has 1 heterocycles. The van der Waals surface area contributed by atoms with Crippen LogP contribution in [0.5, 0.6) is 11.6 Å². The lowest BCUT2D eigenvalue weighted by atomic mass is 10.1. The Morgan fingerprint density at radius 1 is 1.11 bits per heavy atom. The van der Waals surface area contributed by atoms with Crippen LogP contribution in [0.1, 0.15) is 23.7 Å². The van der Waals surface area contributed by atoms with Crippen LogP contribution in [0.25, 0.3) is 0 Å². The number of benzene rings is 1. The normalized spacial score (nSPS) is 10.5. The number of hydrogen-bond donors (Lipinski definition) is 1. The Labute approximate surface area is 113 Å². The Kier molecular flexibility index (Phi) is 4.47. The summed E-state index contributed by atoms with van der Waals surface area (Å²) < 4.78 is 5.68. The van der Waals surface area contributed by atoms with Crippen molar-refractivity contribution < 1.29 is 4.74 Å². The lowest BCUT2D eigenvalue weighted by Gasteiger charge is -2.07. The number of nitrogens with one attached hydrogen (secondary N) is 1. The fraction of sp³-hybridized carbons (Fsp3) is 0.333. The number of hydrogen-bond acceptors (Lipinski definition) is 4. The zero-order chi connectivity index (χ0) is 13.7. The number of aryl methyl sites for hydroxylation is 2.